The van der Waals surface area contributed by atoms with Gasteiger partial charge in [-0.1, -0.05) is 17.3 Å². The van der Waals surface area contributed by atoms with Gasteiger partial charge in [-0.15, -0.1) is 0 Å². The summed E-state index contributed by atoms with van der Waals surface area (Å²) in [4.78, 5) is 4.33. The highest BCUT2D eigenvalue weighted by Crippen LogP contribution is 2.20. The molecule has 0 bridgehead atoms. The van der Waals surface area contributed by atoms with Crippen molar-refractivity contribution in [1.82, 2.24) is 10.1 Å². The average Bonchev–Trinajstić information content (AvgIpc) is 2.88. The number of phenols is 1. The molecule has 0 atom stereocenters. The Hall–Kier alpha value is -2.82. The van der Waals surface area contributed by atoms with E-state index in [1.165, 1.54) is 0 Å². The molecule has 0 spiro atoms. The van der Waals surface area contributed by atoms with E-state index in [1.54, 1.807) is 24.3 Å². The summed E-state index contributed by atoms with van der Waals surface area (Å²) in [6.45, 7) is 0. The van der Waals surface area contributed by atoms with Crippen LogP contribution in [0.25, 0.3) is 11.4 Å². The van der Waals surface area contributed by atoms with Crippen molar-refractivity contribution in [3.8, 4) is 17.1 Å². The number of nitrogen functional groups attached to an aromatic ring is 1. The van der Waals surface area contributed by atoms with Crippen molar-refractivity contribution in [2.75, 3.05) is 5.73 Å². The molecular formula is C15H13N3O2. The Morgan fingerprint density at radius 2 is 1.90 bits per heavy atom. The fourth-order valence-electron chi connectivity index (χ4n) is 1.93. The van der Waals surface area contributed by atoms with Gasteiger partial charge >= 0.3 is 0 Å². The molecule has 1 heterocycles. The average molecular weight is 267 g/mol. The van der Waals surface area contributed by atoms with Crippen LogP contribution in [0.4, 0.5) is 5.69 Å². The van der Waals surface area contributed by atoms with Crippen LogP contribution >= 0.6 is 0 Å². The summed E-state index contributed by atoms with van der Waals surface area (Å²) in [5, 5.41) is 13.2. The van der Waals surface area contributed by atoms with Gasteiger partial charge in [-0.25, -0.2) is 0 Å². The Morgan fingerprint density at radius 1 is 1.10 bits per heavy atom. The van der Waals surface area contributed by atoms with Gasteiger partial charge in [0, 0.05) is 11.3 Å². The summed E-state index contributed by atoms with van der Waals surface area (Å²) in [6.07, 6.45) is 0.538. The molecule has 0 fully saturated rings. The van der Waals surface area contributed by atoms with E-state index in [1.807, 2.05) is 24.3 Å². The van der Waals surface area contributed by atoms with Crippen molar-refractivity contribution >= 4 is 5.69 Å². The molecule has 3 aromatic rings. The van der Waals surface area contributed by atoms with Crippen molar-refractivity contribution in [2.24, 2.45) is 0 Å². The molecule has 3 rings (SSSR count). The third-order valence-corrected chi connectivity index (χ3v) is 2.90. The lowest BCUT2D eigenvalue weighted by Gasteiger charge is -1.97. The van der Waals surface area contributed by atoms with E-state index in [0.717, 1.165) is 11.1 Å². The number of rotatable bonds is 3. The van der Waals surface area contributed by atoms with Gasteiger partial charge in [-0.05, 0) is 42.0 Å². The topological polar surface area (TPSA) is 85.2 Å². The second-order valence-corrected chi connectivity index (χ2v) is 4.48. The zero-order chi connectivity index (χ0) is 13.9. The van der Waals surface area contributed by atoms with E-state index < -0.39 is 0 Å². The minimum absolute atomic E-state index is 0.206. The number of anilines is 1. The first-order chi connectivity index (χ1) is 9.70. The van der Waals surface area contributed by atoms with Gasteiger partial charge < -0.3 is 15.4 Å². The Balaban J connectivity index is 1.82. The van der Waals surface area contributed by atoms with Crippen LogP contribution in [0.1, 0.15) is 11.5 Å². The normalized spacial score (nSPS) is 10.6. The molecule has 0 aliphatic heterocycles. The van der Waals surface area contributed by atoms with Crippen molar-refractivity contribution in [2.45, 2.75) is 6.42 Å². The van der Waals surface area contributed by atoms with Gasteiger partial charge in [0.25, 0.3) is 0 Å². The molecule has 0 unspecified atom stereocenters. The van der Waals surface area contributed by atoms with Crippen LogP contribution in [-0.4, -0.2) is 15.2 Å². The Morgan fingerprint density at radius 3 is 2.65 bits per heavy atom. The van der Waals surface area contributed by atoms with Crippen molar-refractivity contribution < 1.29 is 9.63 Å². The fourth-order valence-corrected chi connectivity index (χ4v) is 1.93. The van der Waals surface area contributed by atoms with Crippen LogP contribution in [0.15, 0.2) is 53.1 Å². The SMILES string of the molecule is Nc1cccc(Cc2nc(-c3ccc(O)cc3)no2)c1. The molecule has 2 aromatic carbocycles. The van der Waals surface area contributed by atoms with Gasteiger partial charge in [0.05, 0.1) is 6.42 Å². The molecule has 0 aliphatic carbocycles. The first-order valence-electron chi connectivity index (χ1n) is 6.17. The standard InChI is InChI=1S/C15H13N3O2/c16-12-3-1-2-10(8-12)9-14-17-15(18-20-14)11-4-6-13(19)7-5-11/h1-8,19H,9,16H2. The lowest BCUT2D eigenvalue weighted by molar-refractivity contribution is 0.385. The summed E-state index contributed by atoms with van der Waals surface area (Å²) in [7, 11) is 0. The Bertz CT molecular complexity index is 720. The van der Waals surface area contributed by atoms with E-state index in [2.05, 4.69) is 10.1 Å². The third kappa shape index (κ3) is 2.61. The van der Waals surface area contributed by atoms with Crippen LogP contribution in [0, 0.1) is 0 Å². The summed E-state index contributed by atoms with van der Waals surface area (Å²) in [5.41, 5.74) is 8.26. The number of aromatic nitrogens is 2. The molecular weight excluding hydrogens is 254 g/mol. The van der Waals surface area contributed by atoms with Crippen LogP contribution in [0.2, 0.25) is 0 Å². The van der Waals surface area contributed by atoms with Crippen LogP contribution in [-0.2, 0) is 6.42 Å². The maximum atomic E-state index is 9.25. The maximum absolute atomic E-state index is 9.25. The summed E-state index contributed by atoms with van der Waals surface area (Å²) < 4.78 is 5.23. The van der Waals surface area contributed by atoms with E-state index in [9.17, 15) is 5.11 Å². The molecule has 3 N–H and O–H groups in total. The van der Waals surface area contributed by atoms with E-state index in [-0.39, 0.29) is 5.75 Å². The van der Waals surface area contributed by atoms with Gasteiger partial charge in [-0.2, -0.15) is 4.98 Å². The highest BCUT2D eigenvalue weighted by Gasteiger charge is 2.09. The van der Waals surface area contributed by atoms with E-state index in [4.69, 9.17) is 10.3 Å². The van der Waals surface area contributed by atoms with E-state index >= 15 is 0 Å². The number of phenolic OH excluding ortho intramolecular Hbond substituents is 1. The molecule has 0 radical (unpaired) electrons. The number of benzene rings is 2. The maximum Gasteiger partial charge on any atom is 0.231 e. The second kappa shape index (κ2) is 5.05. The predicted octanol–water partition coefficient (Wildman–Crippen LogP) is 2.62. The fraction of sp³-hybridized carbons (Fsp3) is 0.0667. The van der Waals surface area contributed by atoms with E-state index in [0.29, 0.717) is 23.8 Å². The van der Waals surface area contributed by atoms with Crippen molar-refractivity contribution in [1.29, 1.82) is 0 Å². The van der Waals surface area contributed by atoms with Gasteiger partial charge in [0.2, 0.25) is 11.7 Å². The quantitative estimate of drug-likeness (QED) is 0.712. The number of aromatic hydroxyl groups is 1. The zero-order valence-electron chi connectivity index (χ0n) is 10.7. The predicted molar refractivity (Wildman–Crippen MR) is 75.1 cm³/mol. The van der Waals surface area contributed by atoms with Crippen LogP contribution in [0.5, 0.6) is 5.75 Å². The zero-order valence-corrected chi connectivity index (χ0v) is 10.7. The summed E-state index contributed by atoms with van der Waals surface area (Å²) in [6, 6.07) is 14.2. The summed E-state index contributed by atoms with van der Waals surface area (Å²) in [5.74, 6) is 1.24. The molecule has 1 aromatic heterocycles. The Labute approximate surface area is 115 Å². The molecule has 20 heavy (non-hydrogen) atoms. The smallest absolute Gasteiger partial charge is 0.231 e. The Kier molecular flexibility index (Phi) is 3.09. The summed E-state index contributed by atoms with van der Waals surface area (Å²) >= 11 is 0. The lowest BCUT2D eigenvalue weighted by Crippen LogP contribution is -1.91. The molecule has 0 aliphatic rings. The highest BCUT2D eigenvalue weighted by atomic mass is 16.5. The second-order valence-electron chi connectivity index (χ2n) is 4.48. The number of hydrogen-bond acceptors (Lipinski definition) is 5. The number of hydrogen-bond donors (Lipinski definition) is 2. The molecule has 0 saturated carbocycles. The first-order valence-corrected chi connectivity index (χ1v) is 6.17. The monoisotopic (exact) mass is 267 g/mol. The molecule has 0 saturated heterocycles. The van der Waals surface area contributed by atoms with Crippen LogP contribution < -0.4 is 5.73 Å². The largest absolute Gasteiger partial charge is 0.508 e. The molecule has 0 amide bonds. The van der Waals surface area contributed by atoms with Crippen molar-refractivity contribution in [3.63, 3.8) is 0 Å². The highest BCUT2D eigenvalue weighted by molar-refractivity contribution is 5.55. The lowest BCUT2D eigenvalue weighted by atomic mass is 10.1. The molecule has 5 nitrogen and oxygen atoms in total. The first kappa shape index (κ1) is 12.2. The number of nitrogens with two attached hydrogens (primary N) is 1. The number of nitrogens with zero attached hydrogens (tertiary/aromatic N) is 2. The van der Waals surface area contributed by atoms with Gasteiger partial charge in [0.15, 0.2) is 0 Å². The minimum atomic E-state index is 0.206. The molecule has 100 valence electrons. The van der Waals surface area contributed by atoms with Crippen LogP contribution in [0.3, 0.4) is 0 Å². The third-order valence-electron chi connectivity index (χ3n) is 2.90. The van der Waals surface area contributed by atoms with Gasteiger partial charge in [-0.3, -0.25) is 0 Å². The minimum Gasteiger partial charge on any atom is -0.508 e. The van der Waals surface area contributed by atoms with Crippen molar-refractivity contribution in [3.05, 3.63) is 60.0 Å². The molecule has 5 heteroatoms. The van der Waals surface area contributed by atoms with Gasteiger partial charge in [0.1, 0.15) is 5.75 Å².